The smallest absolute Gasteiger partial charge is 0.227 e. The van der Waals surface area contributed by atoms with E-state index in [0.717, 1.165) is 29.3 Å². The van der Waals surface area contributed by atoms with Gasteiger partial charge in [0, 0.05) is 28.2 Å². The molecule has 1 heterocycles. The van der Waals surface area contributed by atoms with Crippen LogP contribution < -0.4 is 0 Å². The van der Waals surface area contributed by atoms with E-state index < -0.39 is 0 Å². The van der Waals surface area contributed by atoms with Gasteiger partial charge < -0.3 is 4.90 Å². The van der Waals surface area contributed by atoms with Crippen LogP contribution in [-0.4, -0.2) is 21.8 Å². The molecule has 3 aromatic rings. The highest BCUT2D eigenvalue weighted by molar-refractivity contribution is 6.31. The summed E-state index contributed by atoms with van der Waals surface area (Å²) < 4.78 is 14.2. The molecule has 1 aliphatic rings. The highest BCUT2D eigenvalue weighted by atomic mass is 35.5. The van der Waals surface area contributed by atoms with Crippen molar-refractivity contribution in [2.75, 3.05) is 0 Å². The van der Waals surface area contributed by atoms with Crippen molar-refractivity contribution in [1.29, 1.82) is 0 Å². The molecule has 0 atom stereocenters. The van der Waals surface area contributed by atoms with Crippen molar-refractivity contribution in [3.63, 3.8) is 0 Å². The first-order valence-electron chi connectivity index (χ1n) is 8.68. The van der Waals surface area contributed by atoms with Gasteiger partial charge in [0.25, 0.3) is 0 Å². The zero-order chi connectivity index (χ0) is 18.1. The van der Waals surface area contributed by atoms with E-state index in [1.807, 2.05) is 30.3 Å². The number of aromatic nitrogens is 1. The zero-order valence-corrected chi connectivity index (χ0v) is 14.9. The van der Waals surface area contributed by atoms with Gasteiger partial charge in [-0.15, -0.1) is 0 Å². The van der Waals surface area contributed by atoms with E-state index in [4.69, 9.17) is 11.6 Å². The largest absolute Gasteiger partial charge is 0.335 e. The molecule has 1 saturated carbocycles. The molecule has 0 radical (unpaired) electrons. The minimum absolute atomic E-state index is 0.0232. The third-order valence-electron chi connectivity index (χ3n) is 4.76. The molecular weight excluding hydrogens is 351 g/mol. The second-order valence-corrected chi connectivity index (χ2v) is 7.03. The van der Waals surface area contributed by atoms with Gasteiger partial charge in [-0.2, -0.15) is 0 Å². The highest BCUT2D eigenvalue weighted by Crippen LogP contribution is 2.31. The van der Waals surface area contributed by atoms with E-state index >= 15 is 0 Å². The lowest BCUT2D eigenvalue weighted by molar-refractivity contribution is -0.131. The summed E-state index contributed by atoms with van der Waals surface area (Å²) in [5.41, 5.74) is 2.10. The molecule has 2 aromatic carbocycles. The normalized spacial score (nSPS) is 13.8. The van der Waals surface area contributed by atoms with Crippen LogP contribution in [0.2, 0.25) is 5.02 Å². The molecule has 1 aliphatic carbocycles. The molecule has 0 aliphatic heterocycles. The number of amides is 1. The number of carbonyl (C=O) groups is 1. The summed E-state index contributed by atoms with van der Waals surface area (Å²) in [4.78, 5) is 19.2. The van der Waals surface area contributed by atoms with Crippen LogP contribution in [0.25, 0.3) is 10.9 Å². The second kappa shape index (κ2) is 7.04. The summed E-state index contributed by atoms with van der Waals surface area (Å²) in [7, 11) is 0. The minimum Gasteiger partial charge on any atom is -0.335 e. The van der Waals surface area contributed by atoms with Gasteiger partial charge in [-0.25, -0.2) is 4.39 Å². The van der Waals surface area contributed by atoms with Crippen LogP contribution in [0, 0.1) is 5.82 Å². The number of para-hydroxylation sites is 1. The summed E-state index contributed by atoms with van der Waals surface area (Å²) in [6.07, 6.45) is 3.88. The van der Waals surface area contributed by atoms with Crippen molar-refractivity contribution in [2.45, 2.75) is 31.8 Å². The van der Waals surface area contributed by atoms with Crippen molar-refractivity contribution in [3.8, 4) is 0 Å². The maximum absolute atomic E-state index is 14.2. The van der Waals surface area contributed by atoms with E-state index in [9.17, 15) is 9.18 Å². The van der Waals surface area contributed by atoms with Crippen LogP contribution in [0.1, 0.15) is 24.0 Å². The number of halogens is 2. The Hall–Kier alpha value is -2.46. The molecule has 5 heteroatoms. The van der Waals surface area contributed by atoms with Gasteiger partial charge in [-0.05, 0) is 36.6 Å². The highest BCUT2D eigenvalue weighted by Gasteiger charge is 2.33. The van der Waals surface area contributed by atoms with E-state index in [-0.39, 0.29) is 30.7 Å². The molecule has 132 valence electrons. The Labute approximate surface area is 156 Å². The summed E-state index contributed by atoms with van der Waals surface area (Å²) >= 11 is 6.15. The molecule has 0 bridgehead atoms. The molecule has 0 unspecified atom stereocenters. The fourth-order valence-corrected chi connectivity index (χ4v) is 3.46. The Morgan fingerprint density at radius 1 is 1.15 bits per heavy atom. The quantitative estimate of drug-likeness (QED) is 0.650. The van der Waals surface area contributed by atoms with Gasteiger partial charge in [-0.1, -0.05) is 41.9 Å². The minimum atomic E-state index is -0.372. The number of benzene rings is 2. The van der Waals surface area contributed by atoms with Gasteiger partial charge in [0.1, 0.15) is 5.82 Å². The van der Waals surface area contributed by atoms with Gasteiger partial charge >= 0.3 is 0 Å². The average Bonchev–Trinajstić information content (AvgIpc) is 3.47. The topological polar surface area (TPSA) is 33.2 Å². The third kappa shape index (κ3) is 3.42. The summed E-state index contributed by atoms with van der Waals surface area (Å²) in [5, 5.41) is 1.36. The Kier molecular flexibility index (Phi) is 4.60. The van der Waals surface area contributed by atoms with E-state index in [1.165, 1.54) is 6.07 Å². The average molecular weight is 369 g/mol. The first kappa shape index (κ1) is 17.0. The fraction of sp³-hybridized carbons (Fsp3) is 0.238. The number of hydrogen-bond acceptors (Lipinski definition) is 2. The Balaban J connectivity index is 1.60. The number of pyridine rings is 1. The summed E-state index contributed by atoms with van der Waals surface area (Å²) in [6.45, 7) is 0.202. The van der Waals surface area contributed by atoms with Crippen molar-refractivity contribution in [2.24, 2.45) is 0 Å². The molecular formula is C21H18ClFN2O. The molecule has 0 N–H and O–H groups in total. The lowest BCUT2D eigenvalue weighted by Gasteiger charge is -2.23. The lowest BCUT2D eigenvalue weighted by Crippen LogP contribution is -2.34. The van der Waals surface area contributed by atoms with E-state index in [1.54, 1.807) is 23.2 Å². The van der Waals surface area contributed by atoms with Crippen molar-refractivity contribution >= 4 is 28.4 Å². The number of fused-ring (bicyclic) bond motifs is 1. The van der Waals surface area contributed by atoms with Crippen molar-refractivity contribution < 1.29 is 9.18 Å². The van der Waals surface area contributed by atoms with Gasteiger partial charge in [0.05, 0.1) is 18.5 Å². The maximum Gasteiger partial charge on any atom is 0.227 e. The van der Waals surface area contributed by atoms with Crippen LogP contribution in [0.5, 0.6) is 0 Å². The van der Waals surface area contributed by atoms with Crippen LogP contribution >= 0.6 is 11.6 Å². The molecule has 1 fully saturated rings. The molecule has 1 aromatic heterocycles. The number of nitrogens with zero attached hydrogens (tertiary/aromatic N) is 2. The Morgan fingerprint density at radius 2 is 1.92 bits per heavy atom. The molecule has 26 heavy (non-hydrogen) atoms. The fourth-order valence-electron chi connectivity index (χ4n) is 3.24. The third-order valence-corrected chi connectivity index (χ3v) is 5.11. The molecule has 0 saturated heterocycles. The summed E-state index contributed by atoms with van der Waals surface area (Å²) in [6, 6.07) is 14.5. The number of rotatable bonds is 5. The second-order valence-electron chi connectivity index (χ2n) is 6.62. The van der Waals surface area contributed by atoms with Crippen molar-refractivity contribution in [3.05, 3.63) is 76.7 Å². The van der Waals surface area contributed by atoms with Gasteiger partial charge in [0.15, 0.2) is 0 Å². The van der Waals surface area contributed by atoms with Gasteiger partial charge in [-0.3, -0.25) is 9.78 Å². The Morgan fingerprint density at radius 3 is 2.69 bits per heavy atom. The molecule has 4 rings (SSSR count). The SMILES string of the molecule is O=C(Cc1cccc2cccnc12)N(Cc1c(F)cccc1Cl)C1CC1. The number of hydrogen-bond donors (Lipinski definition) is 0. The van der Waals surface area contributed by atoms with Crippen LogP contribution in [-0.2, 0) is 17.8 Å². The predicted molar refractivity (Wildman–Crippen MR) is 100 cm³/mol. The predicted octanol–water partition coefficient (Wildman–Crippen LogP) is 4.76. The van der Waals surface area contributed by atoms with Gasteiger partial charge in [0.2, 0.25) is 5.91 Å². The summed E-state index contributed by atoms with van der Waals surface area (Å²) in [5.74, 6) is -0.396. The van der Waals surface area contributed by atoms with Crippen LogP contribution in [0.15, 0.2) is 54.7 Å². The van der Waals surface area contributed by atoms with Crippen LogP contribution in [0.3, 0.4) is 0 Å². The molecule has 1 amide bonds. The maximum atomic E-state index is 14.2. The van der Waals surface area contributed by atoms with E-state index in [0.29, 0.717) is 10.6 Å². The first-order chi connectivity index (χ1) is 12.6. The van der Waals surface area contributed by atoms with Crippen LogP contribution in [0.4, 0.5) is 4.39 Å². The monoisotopic (exact) mass is 368 g/mol. The molecule has 3 nitrogen and oxygen atoms in total. The zero-order valence-electron chi connectivity index (χ0n) is 14.2. The number of carbonyl (C=O) groups excluding carboxylic acids is 1. The van der Waals surface area contributed by atoms with E-state index in [2.05, 4.69) is 4.98 Å². The first-order valence-corrected chi connectivity index (χ1v) is 9.06. The molecule has 0 spiro atoms. The standard InChI is InChI=1S/C21H18ClFN2O/c22-18-7-2-8-19(23)17(18)13-25(16-9-10-16)20(26)12-15-5-1-4-14-6-3-11-24-21(14)15/h1-8,11,16H,9-10,12-13H2. The van der Waals surface area contributed by atoms with Crippen molar-refractivity contribution in [1.82, 2.24) is 9.88 Å². The Bertz CT molecular complexity index is 946. The lowest BCUT2D eigenvalue weighted by atomic mass is 10.1.